The van der Waals surface area contributed by atoms with E-state index in [0.717, 1.165) is 5.69 Å². The molecule has 0 radical (unpaired) electrons. The summed E-state index contributed by atoms with van der Waals surface area (Å²) in [6, 6.07) is 0. The Labute approximate surface area is 83.0 Å². The van der Waals surface area contributed by atoms with E-state index in [1.807, 2.05) is 6.92 Å². The lowest BCUT2D eigenvalue weighted by Crippen LogP contribution is -2.26. The first kappa shape index (κ1) is 10.6. The van der Waals surface area contributed by atoms with Crippen LogP contribution in [0.3, 0.4) is 0 Å². The fraction of sp³-hybridized carbons (Fsp3) is 0.500. The number of rotatable bonds is 3. The van der Waals surface area contributed by atoms with Crippen molar-refractivity contribution < 1.29 is 9.90 Å². The van der Waals surface area contributed by atoms with Crippen molar-refractivity contribution in [3.63, 3.8) is 0 Å². The second kappa shape index (κ2) is 3.74. The lowest BCUT2D eigenvalue weighted by Gasteiger charge is -2.17. The normalized spacial score (nSPS) is 11.4. The Balaban J connectivity index is 2.79. The van der Waals surface area contributed by atoms with Crippen LogP contribution < -0.4 is 0 Å². The molecule has 0 saturated carbocycles. The third-order valence-corrected chi connectivity index (χ3v) is 2.04. The molecule has 0 bridgehead atoms. The molecule has 0 aliphatic heterocycles. The van der Waals surface area contributed by atoms with E-state index in [1.54, 1.807) is 26.2 Å². The second-order valence-corrected chi connectivity index (χ2v) is 4.01. The molecule has 14 heavy (non-hydrogen) atoms. The molecule has 0 spiro atoms. The van der Waals surface area contributed by atoms with Gasteiger partial charge in [-0.2, -0.15) is 0 Å². The summed E-state index contributed by atoms with van der Waals surface area (Å²) in [7, 11) is 0. The zero-order valence-corrected chi connectivity index (χ0v) is 8.61. The molecule has 4 heteroatoms. The van der Waals surface area contributed by atoms with E-state index in [9.17, 15) is 4.79 Å². The molecule has 0 atom stereocenters. The monoisotopic (exact) mass is 194 g/mol. The predicted molar refractivity (Wildman–Crippen MR) is 51.9 cm³/mol. The zero-order chi connectivity index (χ0) is 10.8. The minimum atomic E-state index is -0.820. The van der Waals surface area contributed by atoms with E-state index in [1.165, 1.54) is 0 Å². The molecule has 0 saturated heterocycles. The van der Waals surface area contributed by atoms with Crippen LogP contribution in [0.25, 0.3) is 0 Å². The summed E-state index contributed by atoms with van der Waals surface area (Å²) in [6.45, 7) is 5.20. The Morgan fingerprint density at radius 2 is 2.07 bits per heavy atom. The Morgan fingerprint density at radius 1 is 1.43 bits per heavy atom. The van der Waals surface area contributed by atoms with Crippen molar-refractivity contribution >= 4 is 5.97 Å². The number of hydrogen-bond acceptors (Lipinski definition) is 3. The number of aliphatic carboxylic acids is 1. The Morgan fingerprint density at radius 3 is 2.50 bits per heavy atom. The molecule has 1 aromatic rings. The maximum Gasteiger partial charge on any atom is 0.309 e. The van der Waals surface area contributed by atoms with Gasteiger partial charge in [0.15, 0.2) is 0 Å². The Bertz CT molecular complexity index is 330. The van der Waals surface area contributed by atoms with Crippen LogP contribution in [0.2, 0.25) is 0 Å². The molecular formula is C10H14N2O2. The topological polar surface area (TPSA) is 63.1 Å². The lowest BCUT2D eigenvalue weighted by atomic mass is 9.88. The highest BCUT2D eigenvalue weighted by Crippen LogP contribution is 2.20. The average Bonchev–Trinajstić information content (AvgIpc) is 2.08. The standard InChI is InChI=1S/C10H14N2O2/c1-7-5-12-8(6-11-7)4-10(2,3)9(13)14/h5-6H,4H2,1-3H3,(H,13,14). The van der Waals surface area contributed by atoms with Crippen molar-refractivity contribution in [3.05, 3.63) is 23.8 Å². The number of carboxylic acid groups (broad SMARTS) is 1. The van der Waals surface area contributed by atoms with Crippen LogP contribution >= 0.6 is 0 Å². The average molecular weight is 194 g/mol. The van der Waals surface area contributed by atoms with Crippen molar-refractivity contribution in [2.24, 2.45) is 5.41 Å². The summed E-state index contributed by atoms with van der Waals surface area (Å²) in [6.07, 6.45) is 3.67. The SMILES string of the molecule is Cc1cnc(CC(C)(C)C(=O)O)cn1. The van der Waals surface area contributed by atoms with Gasteiger partial charge in [0, 0.05) is 18.8 Å². The Kier molecular flexibility index (Phi) is 2.84. The maximum atomic E-state index is 10.8. The number of aromatic nitrogens is 2. The largest absolute Gasteiger partial charge is 0.481 e. The molecule has 0 amide bonds. The minimum absolute atomic E-state index is 0.398. The first-order chi connectivity index (χ1) is 6.42. The van der Waals surface area contributed by atoms with E-state index < -0.39 is 11.4 Å². The van der Waals surface area contributed by atoms with Gasteiger partial charge in [-0.05, 0) is 20.8 Å². The number of nitrogens with zero attached hydrogens (tertiary/aromatic N) is 2. The maximum absolute atomic E-state index is 10.8. The van der Waals surface area contributed by atoms with Gasteiger partial charge in [0.1, 0.15) is 0 Å². The van der Waals surface area contributed by atoms with Crippen LogP contribution in [0.5, 0.6) is 0 Å². The first-order valence-electron chi connectivity index (χ1n) is 4.43. The quantitative estimate of drug-likeness (QED) is 0.790. The predicted octanol–water partition coefficient (Wildman–Crippen LogP) is 1.44. The summed E-state index contributed by atoms with van der Waals surface area (Å²) in [4.78, 5) is 19.0. The van der Waals surface area contributed by atoms with Gasteiger partial charge in [-0.1, -0.05) is 0 Å². The fourth-order valence-corrected chi connectivity index (χ4v) is 1.04. The molecule has 4 nitrogen and oxygen atoms in total. The van der Waals surface area contributed by atoms with Crippen LogP contribution in [0.15, 0.2) is 12.4 Å². The molecule has 0 unspecified atom stereocenters. The molecule has 1 rings (SSSR count). The molecule has 0 aromatic carbocycles. The molecule has 1 N–H and O–H groups in total. The van der Waals surface area contributed by atoms with Crippen LogP contribution in [-0.4, -0.2) is 21.0 Å². The second-order valence-electron chi connectivity index (χ2n) is 4.01. The van der Waals surface area contributed by atoms with E-state index in [0.29, 0.717) is 12.1 Å². The van der Waals surface area contributed by atoms with Gasteiger partial charge in [-0.3, -0.25) is 14.8 Å². The summed E-state index contributed by atoms with van der Waals surface area (Å²) < 4.78 is 0. The lowest BCUT2D eigenvalue weighted by molar-refractivity contribution is -0.146. The van der Waals surface area contributed by atoms with E-state index in [-0.39, 0.29) is 0 Å². The van der Waals surface area contributed by atoms with E-state index in [4.69, 9.17) is 5.11 Å². The van der Waals surface area contributed by atoms with E-state index in [2.05, 4.69) is 9.97 Å². The molecule has 1 aromatic heterocycles. The van der Waals surface area contributed by atoms with Gasteiger partial charge in [0.2, 0.25) is 0 Å². The van der Waals surface area contributed by atoms with Crippen LogP contribution in [0, 0.1) is 12.3 Å². The highest BCUT2D eigenvalue weighted by atomic mass is 16.4. The molecular weight excluding hydrogens is 180 g/mol. The van der Waals surface area contributed by atoms with Gasteiger partial charge >= 0.3 is 5.97 Å². The van der Waals surface area contributed by atoms with Crippen LogP contribution in [0.1, 0.15) is 25.2 Å². The number of carbonyl (C=O) groups is 1. The smallest absolute Gasteiger partial charge is 0.309 e. The first-order valence-corrected chi connectivity index (χ1v) is 4.43. The van der Waals surface area contributed by atoms with Crippen molar-refractivity contribution in [1.29, 1.82) is 0 Å². The van der Waals surface area contributed by atoms with Gasteiger partial charge in [0.05, 0.1) is 16.8 Å². The zero-order valence-electron chi connectivity index (χ0n) is 8.61. The summed E-state index contributed by atoms with van der Waals surface area (Å²) >= 11 is 0. The van der Waals surface area contributed by atoms with E-state index >= 15 is 0 Å². The number of carboxylic acids is 1. The third kappa shape index (κ3) is 2.52. The van der Waals surface area contributed by atoms with Crippen molar-refractivity contribution in [2.75, 3.05) is 0 Å². The molecule has 0 aliphatic carbocycles. The van der Waals surface area contributed by atoms with Gasteiger partial charge in [-0.15, -0.1) is 0 Å². The molecule has 1 heterocycles. The number of aryl methyl sites for hydroxylation is 1. The van der Waals surface area contributed by atoms with Gasteiger partial charge in [0.25, 0.3) is 0 Å². The van der Waals surface area contributed by atoms with Crippen LogP contribution in [0.4, 0.5) is 0 Å². The van der Waals surface area contributed by atoms with Crippen LogP contribution in [-0.2, 0) is 11.2 Å². The summed E-state index contributed by atoms with van der Waals surface area (Å²) in [5.41, 5.74) is 0.758. The molecule has 76 valence electrons. The van der Waals surface area contributed by atoms with Gasteiger partial charge in [-0.25, -0.2) is 0 Å². The van der Waals surface area contributed by atoms with Crippen molar-refractivity contribution in [1.82, 2.24) is 9.97 Å². The minimum Gasteiger partial charge on any atom is -0.481 e. The fourth-order valence-electron chi connectivity index (χ4n) is 1.04. The highest BCUT2D eigenvalue weighted by Gasteiger charge is 2.27. The molecule has 0 aliphatic rings. The van der Waals surface area contributed by atoms with Crippen molar-refractivity contribution in [3.8, 4) is 0 Å². The van der Waals surface area contributed by atoms with Gasteiger partial charge < -0.3 is 5.11 Å². The number of hydrogen-bond donors (Lipinski definition) is 1. The Hall–Kier alpha value is -1.45. The summed E-state index contributed by atoms with van der Waals surface area (Å²) in [5.74, 6) is -0.820. The summed E-state index contributed by atoms with van der Waals surface area (Å²) in [5, 5.41) is 8.91. The van der Waals surface area contributed by atoms with Crippen molar-refractivity contribution in [2.45, 2.75) is 27.2 Å². The highest BCUT2D eigenvalue weighted by molar-refractivity contribution is 5.73. The molecule has 0 fully saturated rings. The third-order valence-electron chi connectivity index (χ3n) is 2.04.